The minimum Gasteiger partial charge on any atom is -0.480 e. The minimum absolute atomic E-state index is 0.385. The van der Waals surface area contributed by atoms with E-state index in [1.54, 1.807) is 23.9 Å². The zero-order valence-electron chi connectivity index (χ0n) is 13.7. The summed E-state index contributed by atoms with van der Waals surface area (Å²) in [5.41, 5.74) is 1.67. The number of nitrogens with one attached hydrogen (secondary N) is 1. The molecule has 0 radical (unpaired) electrons. The van der Waals surface area contributed by atoms with Crippen molar-refractivity contribution in [1.29, 1.82) is 0 Å². The summed E-state index contributed by atoms with van der Waals surface area (Å²) in [6, 6.07) is 0.834. The zero-order valence-corrected chi connectivity index (χ0v) is 13.7. The Kier molecular flexibility index (Phi) is 5.31. The quantitative estimate of drug-likeness (QED) is 0.815. The van der Waals surface area contributed by atoms with Crippen LogP contribution in [0.2, 0.25) is 0 Å². The van der Waals surface area contributed by atoms with Crippen molar-refractivity contribution in [3.8, 4) is 0 Å². The summed E-state index contributed by atoms with van der Waals surface area (Å²) in [7, 11) is 0. The topological polar surface area (TPSA) is 97.1 Å². The van der Waals surface area contributed by atoms with Crippen LogP contribution in [0.1, 0.15) is 49.2 Å². The highest BCUT2D eigenvalue weighted by molar-refractivity contribution is 5.99. The molecule has 0 aromatic carbocycles. The van der Waals surface area contributed by atoms with Gasteiger partial charge in [0.2, 0.25) is 0 Å². The van der Waals surface area contributed by atoms with Crippen LogP contribution in [0.4, 0.5) is 0 Å². The van der Waals surface area contributed by atoms with Crippen LogP contribution < -0.4 is 5.32 Å². The van der Waals surface area contributed by atoms with Gasteiger partial charge in [0.25, 0.3) is 5.91 Å². The maximum Gasteiger partial charge on any atom is 0.326 e. The molecular formula is C16H22N4O3. The molecule has 0 aliphatic heterocycles. The molecule has 7 heteroatoms. The fraction of sp³-hybridized carbons (Fsp3) is 0.500. The smallest absolute Gasteiger partial charge is 0.326 e. The largest absolute Gasteiger partial charge is 0.480 e. The normalized spacial score (nSPS) is 12.3. The molecule has 2 heterocycles. The van der Waals surface area contributed by atoms with E-state index in [9.17, 15) is 14.7 Å². The Balaban J connectivity index is 2.26. The summed E-state index contributed by atoms with van der Waals surface area (Å²) >= 11 is 0. The third-order valence-electron chi connectivity index (χ3n) is 3.80. The van der Waals surface area contributed by atoms with E-state index in [1.807, 2.05) is 13.8 Å². The van der Waals surface area contributed by atoms with Crippen molar-refractivity contribution >= 4 is 22.9 Å². The summed E-state index contributed by atoms with van der Waals surface area (Å²) in [5.74, 6) is -1.43. The number of carboxylic acid groups (broad SMARTS) is 1. The number of fused-ring (bicyclic) bond motifs is 1. The fourth-order valence-electron chi connectivity index (χ4n) is 2.46. The van der Waals surface area contributed by atoms with Gasteiger partial charge < -0.3 is 10.4 Å². The molecule has 2 N–H and O–H groups in total. The van der Waals surface area contributed by atoms with Gasteiger partial charge in [-0.2, -0.15) is 5.10 Å². The summed E-state index contributed by atoms with van der Waals surface area (Å²) in [6.45, 7) is 6.38. The number of nitrogens with zero attached hydrogens (tertiary/aromatic N) is 3. The molecule has 0 saturated carbocycles. The number of aliphatic carboxylic acids is 1. The highest BCUT2D eigenvalue weighted by Crippen LogP contribution is 2.17. The fourth-order valence-corrected chi connectivity index (χ4v) is 2.46. The van der Waals surface area contributed by atoms with E-state index in [1.165, 1.54) is 0 Å². The van der Waals surface area contributed by atoms with E-state index in [0.29, 0.717) is 24.2 Å². The minimum atomic E-state index is -1.02. The van der Waals surface area contributed by atoms with Crippen LogP contribution in [0.25, 0.3) is 11.0 Å². The average molecular weight is 318 g/mol. The van der Waals surface area contributed by atoms with E-state index < -0.39 is 17.9 Å². The number of carbonyl (C=O) groups is 2. The average Bonchev–Trinajstić information content (AvgIpc) is 2.91. The number of aromatic nitrogens is 3. The van der Waals surface area contributed by atoms with E-state index in [0.717, 1.165) is 23.9 Å². The van der Waals surface area contributed by atoms with Crippen LogP contribution in [0.15, 0.2) is 12.3 Å². The number of amides is 1. The van der Waals surface area contributed by atoms with Crippen LogP contribution in [-0.4, -0.2) is 37.8 Å². The first-order valence-electron chi connectivity index (χ1n) is 7.84. The van der Waals surface area contributed by atoms with Gasteiger partial charge in [-0.15, -0.1) is 0 Å². The summed E-state index contributed by atoms with van der Waals surface area (Å²) < 4.78 is 1.76. The Hall–Kier alpha value is -2.44. The highest BCUT2D eigenvalue weighted by atomic mass is 16.4. The highest BCUT2D eigenvalue weighted by Gasteiger charge is 2.22. The number of pyridine rings is 1. The molecule has 7 nitrogen and oxygen atoms in total. The summed E-state index contributed by atoms with van der Waals surface area (Å²) in [5, 5.41) is 16.8. The van der Waals surface area contributed by atoms with Crippen LogP contribution in [0, 0.1) is 6.92 Å². The molecule has 2 aromatic rings. The van der Waals surface area contributed by atoms with Gasteiger partial charge >= 0.3 is 5.97 Å². The number of unbranched alkanes of at least 4 members (excludes halogenated alkanes) is 1. The van der Waals surface area contributed by atoms with Gasteiger partial charge in [0.05, 0.1) is 17.5 Å². The number of hydrogen-bond acceptors (Lipinski definition) is 4. The molecule has 124 valence electrons. The molecule has 0 bridgehead atoms. The van der Waals surface area contributed by atoms with Crippen molar-refractivity contribution in [1.82, 2.24) is 20.1 Å². The maximum atomic E-state index is 12.4. The molecule has 2 rings (SSSR count). The Morgan fingerprint density at radius 2 is 2.13 bits per heavy atom. The number of carboxylic acids is 1. The van der Waals surface area contributed by atoms with Crippen molar-refractivity contribution in [2.75, 3.05) is 0 Å². The van der Waals surface area contributed by atoms with E-state index in [2.05, 4.69) is 15.4 Å². The van der Waals surface area contributed by atoms with Gasteiger partial charge in [0, 0.05) is 11.9 Å². The first-order valence-corrected chi connectivity index (χ1v) is 7.84. The third kappa shape index (κ3) is 3.67. The molecule has 1 atom stereocenters. The van der Waals surface area contributed by atoms with Gasteiger partial charge in [-0.1, -0.05) is 19.8 Å². The van der Waals surface area contributed by atoms with E-state index in [-0.39, 0.29) is 0 Å². The monoisotopic (exact) mass is 318 g/mol. The first-order chi connectivity index (χ1) is 11.0. The molecular weight excluding hydrogens is 296 g/mol. The SMILES string of the molecule is CCCC[C@H](NC(=O)c1cc2cnn(CC)c2nc1C)C(=O)O. The van der Waals surface area contributed by atoms with Gasteiger partial charge in [0.15, 0.2) is 5.65 Å². The van der Waals surface area contributed by atoms with Crippen LogP contribution in [-0.2, 0) is 11.3 Å². The van der Waals surface area contributed by atoms with Crippen LogP contribution in [0.3, 0.4) is 0 Å². The van der Waals surface area contributed by atoms with Gasteiger partial charge in [-0.3, -0.25) is 4.79 Å². The predicted molar refractivity (Wildman–Crippen MR) is 86.4 cm³/mol. The zero-order chi connectivity index (χ0) is 17.0. The van der Waals surface area contributed by atoms with Gasteiger partial charge in [0.1, 0.15) is 6.04 Å². The van der Waals surface area contributed by atoms with Crippen molar-refractivity contribution < 1.29 is 14.7 Å². The first kappa shape index (κ1) is 16.9. The second kappa shape index (κ2) is 7.21. The van der Waals surface area contributed by atoms with E-state index >= 15 is 0 Å². The standard InChI is InChI=1S/C16H22N4O3/c1-4-6-7-13(16(22)23)19-15(21)12-8-11-9-17-20(5-2)14(11)18-10(12)3/h8-9,13H,4-7H2,1-3H3,(H,19,21)(H,22,23)/t13-/m0/s1. The van der Waals surface area contributed by atoms with Crippen LogP contribution >= 0.6 is 0 Å². The summed E-state index contributed by atoms with van der Waals surface area (Å²) in [6.07, 6.45) is 3.70. The maximum absolute atomic E-state index is 12.4. The number of hydrogen-bond donors (Lipinski definition) is 2. The Labute approximate surface area is 134 Å². The summed E-state index contributed by atoms with van der Waals surface area (Å²) in [4.78, 5) is 28.1. The lowest BCUT2D eigenvalue weighted by Gasteiger charge is -2.15. The van der Waals surface area contributed by atoms with Crippen molar-refractivity contribution in [3.63, 3.8) is 0 Å². The molecule has 0 unspecified atom stereocenters. The van der Waals surface area contributed by atoms with Gasteiger partial charge in [-0.25, -0.2) is 14.5 Å². The Bertz CT molecular complexity index is 723. The van der Waals surface area contributed by atoms with Crippen LogP contribution in [0.5, 0.6) is 0 Å². The molecule has 0 aliphatic carbocycles. The lowest BCUT2D eigenvalue weighted by molar-refractivity contribution is -0.139. The third-order valence-corrected chi connectivity index (χ3v) is 3.80. The molecule has 0 fully saturated rings. The second-order valence-electron chi connectivity index (χ2n) is 5.50. The molecule has 0 spiro atoms. The van der Waals surface area contributed by atoms with E-state index in [4.69, 9.17) is 0 Å². The Morgan fingerprint density at radius 1 is 1.39 bits per heavy atom. The Morgan fingerprint density at radius 3 is 2.74 bits per heavy atom. The van der Waals surface area contributed by atoms with Crippen molar-refractivity contribution in [2.45, 2.75) is 52.6 Å². The van der Waals surface area contributed by atoms with Crippen molar-refractivity contribution in [2.24, 2.45) is 0 Å². The predicted octanol–water partition coefficient (Wildman–Crippen LogP) is 2.13. The van der Waals surface area contributed by atoms with Crippen molar-refractivity contribution in [3.05, 3.63) is 23.5 Å². The molecule has 2 aromatic heterocycles. The molecule has 23 heavy (non-hydrogen) atoms. The molecule has 0 saturated heterocycles. The lowest BCUT2D eigenvalue weighted by atomic mass is 10.1. The molecule has 1 amide bonds. The number of carbonyl (C=O) groups excluding carboxylic acids is 1. The van der Waals surface area contributed by atoms with Gasteiger partial charge in [-0.05, 0) is 26.3 Å². The molecule has 0 aliphatic rings. The lowest BCUT2D eigenvalue weighted by Crippen LogP contribution is -2.41. The number of aryl methyl sites for hydroxylation is 2. The number of rotatable bonds is 7. The second-order valence-corrected chi connectivity index (χ2v) is 5.50.